The molecule has 0 bridgehead atoms. The van der Waals surface area contributed by atoms with Crippen LogP contribution in [0.5, 0.6) is 0 Å². The summed E-state index contributed by atoms with van der Waals surface area (Å²) in [5.74, 6) is 1.46. The van der Waals surface area contributed by atoms with Gasteiger partial charge >= 0.3 is 0 Å². The Morgan fingerprint density at radius 3 is 2.92 bits per heavy atom. The molecule has 26 heavy (non-hydrogen) atoms. The SMILES string of the molecule is CC(C)(O)CCCCNc1ccc2ncc(-c3cc(C4CC4)[nH]n3)n2n1. The number of anilines is 1. The van der Waals surface area contributed by atoms with Crippen LogP contribution in [0.1, 0.15) is 57.6 Å². The van der Waals surface area contributed by atoms with Gasteiger partial charge in [0, 0.05) is 18.2 Å². The van der Waals surface area contributed by atoms with Crippen LogP contribution in [0.25, 0.3) is 17.0 Å². The van der Waals surface area contributed by atoms with Gasteiger partial charge in [0.05, 0.1) is 11.8 Å². The van der Waals surface area contributed by atoms with Crippen molar-refractivity contribution in [1.82, 2.24) is 24.8 Å². The van der Waals surface area contributed by atoms with Crippen molar-refractivity contribution in [3.63, 3.8) is 0 Å². The van der Waals surface area contributed by atoms with Crippen molar-refractivity contribution in [3.8, 4) is 11.4 Å². The third-order valence-electron chi connectivity index (χ3n) is 4.76. The van der Waals surface area contributed by atoms with Gasteiger partial charge in [0.1, 0.15) is 17.2 Å². The predicted octanol–water partition coefficient (Wildman–Crippen LogP) is 3.35. The standard InChI is InChI=1S/C19H26N6O/c1-19(2,26)9-3-4-10-20-17-7-8-18-21-12-16(25(18)24-17)15-11-14(22-23-15)13-5-6-13/h7-8,11-13,26H,3-6,9-10H2,1-2H3,(H,20,24)(H,22,23). The lowest BCUT2D eigenvalue weighted by molar-refractivity contribution is 0.0685. The molecule has 3 heterocycles. The Bertz CT molecular complexity index is 887. The molecule has 138 valence electrons. The predicted molar refractivity (Wildman–Crippen MR) is 101 cm³/mol. The largest absolute Gasteiger partial charge is 0.390 e. The van der Waals surface area contributed by atoms with E-state index in [4.69, 9.17) is 0 Å². The van der Waals surface area contributed by atoms with Gasteiger partial charge in [-0.25, -0.2) is 9.50 Å². The van der Waals surface area contributed by atoms with Crippen LogP contribution in [0.15, 0.2) is 24.4 Å². The van der Waals surface area contributed by atoms with Crippen LogP contribution in [-0.4, -0.2) is 42.0 Å². The second-order valence-corrected chi connectivity index (χ2v) is 7.81. The Balaban J connectivity index is 1.44. The quantitative estimate of drug-likeness (QED) is 0.540. The average molecular weight is 354 g/mol. The van der Waals surface area contributed by atoms with Gasteiger partial charge in [0.2, 0.25) is 0 Å². The van der Waals surface area contributed by atoms with Crippen LogP contribution in [0.2, 0.25) is 0 Å². The molecule has 0 atom stereocenters. The van der Waals surface area contributed by atoms with E-state index in [9.17, 15) is 5.11 Å². The molecule has 0 unspecified atom stereocenters. The van der Waals surface area contributed by atoms with Crippen LogP contribution in [0.3, 0.4) is 0 Å². The van der Waals surface area contributed by atoms with Gasteiger partial charge in [-0.15, -0.1) is 5.10 Å². The number of imidazole rings is 1. The van der Waals surface area contributed by atoms with Gasteiger partial charge in [-0.05, 0) is 64.2 Å². The topological polar surface area (TPSA) is 91.1 Å². The summed E-state index contributed by atoms with van der Waals surface area (Å²) in [6.07, 6.45) is 7.08. The summed E-state index contributed by atoms with van der Waals surface area (Å²) in [5.41, 5.74) is 3.20. The van der Waals surface area contributed by atoms with Gasteiger partial charge in [-0.1, -0.05) is 0 Å². The third kappa shape index (κ3) is 3.88. The van der Waals surface area contributed by atoms with E-state index >= 15 is 0 Å². The molecule has 0 spiro atoms. The molecule has 0 saturated heterocycles. The Morgan fingerprint density at radius 2 is 2.15 bits per heavy atom. The Labute approximate surface area is 152 Å². The van der Waals surface area contributed by atoms with Crippen molar-refractivity contribution >= 4 is 11.5 Å². The summed E-state index contributed by atoms with van der Waals surface area (Å²) < 4.78 is 1.84. The highest BCUT2D eigenvalue weighted by Crippen LogP contribution is 2.39. The lowest BCUT2D eigenvalue weighted by atomic mass is 10.0. The fraction of sp³-hybridized carbons (Fsp3) is 0.526. The van der Waals surface area contributed by atoms with Crippen LogP contribution >= 0.6 is 0 Å². The van der Waals surface area contributed by atoms with Crippen molar-refractivity contribution in [1.29, 1.82) is 0 Å². The zero-order valence-electron chi connectivity index (χ0n) is 15.4. The highest BCUT2D eigenvalue weighted by atomic mass is 16.3. The number of nitrogens with zero attached hydrogens (tertiary/aromatic N) is 4. The van der Waals surface area contributed by atoms with Gasteiger partial charge < -0.3 is 10.4 Å². The summed E-state index contributed by atoms with van der Waals surface area (Å²) in [7, 11) is 0. The Kier molecular flexibility index (Phi) is 4.40. The van der Waals surface area contributed by atoms with Crippen LogP contribution in [-0.2, 0) is 0 Å². The molecular formula is C19H26N6O. The molecule has 0 amide bonds. The minimum atomic E-state index is -0.592. The van der Waals surface area contributed by atoms with Crippen LogP contribution < -0.4 is 5.32 Å². The van der Waals surface area contributed by atoms with Crippen molar-refractivity contribution in [2.75, 3.05) is 11.9 Å². The van der Waals surface area contributed by atoms with E-state index in [1.54, 1.807) is 0 Å². The first-order valence-electron chi connectivity index (χ1n) is 9.36. The summed E-state index contributed by atoms with van der Waals surface area (Å²) in [6.45, 7) is 4.52. The van der Waals surface area contributed by atoms with Gasteiger partial charge in [-0.2, -0.15) is 5.10 Å². The molecule has 1 saturated carbocycles. The van der Waals surface area contributed by atoms with Gasteiger partial charge in [0.15, 0.2) is 5.65 Å². The summed E-state index contributed by atoms with van der Waals surface area (Å²) in [6, 6.07) is 6.02. The monoisotopic (exact) mass is 354 g/mol. The zero-order valence-corrected chi connectivity index (χ0v) is 15.4. The van der Waals surface area contributed by atoms with E-state index in [1.807, 2.05) is 36.7 Å². The minimum Gasteiger partial charge on any atom is -0.390 e. The fourth-order valence-electron chi connectivity index (χ4n) is 3.11. The molecule has 1 aliphatic carbocycles. The zero-order chi connectivity index (χ0) is 18.1. The summed E-state index contributed by atoms with van der Waals surface area (Å²) in [4.78, 5) is 4.43. The second-order valence-electron chi connectivity index (χ2n) is 7.81. The van der Waals surface area contributed by atoms with Crippen LogP contribution in [0, 0.1) is 0 Å². The molecule has 1 aliphatic rings. The lowest BCUT2D eigenvalue weighted by Gasteiger charge is -2.16. The highest BCUT2D eigenvalue weighted by Gasteiger charge is 2.26. The number of rotatable bonds is 8. The average Bonchev–Trinajstić information content (AvgIpc) is 3.17. The van der Waals surface area contributed by atoms with E-state index < -0.39 is 5.60 Å². The summed E-state index contributed by atoms with van der Waals surface area (Å²) in [5, 5.41) is 25.4. The molecule has 1 fully saturated rings. The second kappa shape index (κ2) is 6.72. The highest BCUT2D eigenvalue weighted by molar-refractivity contribution is 5.60. The van der Waals surface area contributed by atoms with Crippen molar-refractivity contribution in [3.05, 3.63) is 30.1 Å². The molecule has 0 radical (unpaired) electrons. The number of hydrogen-bond donors (Lipinski definition) is 3. The molecule has 7 heteroatoms. The normalized spacial score (nSPS) is 14.9. The number of aromatic amines is 1. The minimum absolute atomic E-state index is 0.592. The van der Waals surface area contributed by atoms with Crippen LogP contribution in [0.4, 0.5) is 5.82 Å². The first-order chi connectivity index (χ1) is 12.5. The lowest BCUT2D eigenvalue weighted by Crippen LogP contribution is -2.18. The van der Waals surface area contributed by atoms with Crippen molar-refractivity contribution in [2.24, 2.45) is 0 Å². The third-order valence-corrected chi connectivity index (χ3v) is 4.76. The maximum absolute atomic E-state index is 9.76. The van der Waals surface area contributed by atoms with E-state index in [0.717, 1.165) is 48.7 Å². The number of unbranched alkanes of at least 4 members (excludes halogenated alkanes) is 1. The van der Waals surface area contributed by atoms with E-state index in [1.165, 1.54) is 18.5 Å². The first-order valence-corrected chi connectivity index (χ1v) is 9.36. The smallest absolute Gasteiger partial charge is 0.154 e. The molecule has 7 nitrogen and oxygen atoms in total. The molecule has 3 N–H and O–H groups in total. The fourth-order valence-corrected chi connectivity index (χ4v) is 3.11. The number of aromatic nitrogens is 5. The van der Waals surface area contributed by atoms with Crippen molar-refractivity contribution < 1.29 is 5.11 Å². The van der Waals surface area contributed by atoms with E-state index in [0.29, 0.717) is 5.92 Å². The van der Waals surface area contributed by atoms with Crippen molar-refractivity contribution in [2.45, 2.75) is 57.5 Å². The van der Waals surface area contributed by atoms with Gasteiger partial charge in [-0.3, -0.25) is 5.10 Å². The van der Waals surface area contributed by atoms with Gasteiger partial charge in [0.25, 0.3) is 0 Å². The van der Waals surface area contributed by atoms with E-state index in [-0.39, 0.29) is 0 Å². The Morgan fingerprint density at radius 1 is 1.31 bits per heavy atom. The Hall–Kier alpha value is -2.41. The number of H-pyrrole nitrogens is 1. The maximum atomic E-state index is 9.76. The molecule has 3 aromatic heterocycles. The molecule has 0 aromatic carbocycles. The van der Waals surface area contributed by atoms with E-state index in [2.05, 4.69) is 31.7 Å². The molecule has 0 aliphatic heterocycles. The maximum Gasteiger partial charge on any atom is 0.154 e. The molecular weight excluding hydrogens is 328 g/mol. The number of nitrogens with one attached hydrogen (secondary N) is 2. The molecule has 4 rings (SSSR count). The number of fused-ring (bicyclic) bond motifs is 1. The number of aliphatic hydroxyl groups is 1. The molecule has 3 aromatic rings. The summed E-state index contributed by atoms with van der Waals surface area (Å²) >= 11 is 0. The first kappa shape index (κ1) is 17.0. The number of hydrogen-bond acceptors (Lipinski definition) is 5.